The Bertz CT molecular complexity index is 1050. The molecule has 4 nitrogen and oxygen atoms in total. The van der Waals surface area contributed by atoms with Gasteiger partial charge in [-0.15, -0.1) is 0 Å². The zero-order valence-electron chi connectivity index (χ0n) is 13.5. The van der Waals surface area contributed by atoms with E-state index in [1.807, 2.05) is 54.6 Å². The fourth-order valence-corrected chi connectivity index (χ4v) is 2.99. The molecule has 0 spiro atoms. The number of rotatable bonds is 4. The van der Waals surface area contributed by atoms with Crippen molar-refractivity contribution in [1.29, 1.82) is 0 Å². The van der Waals surface area contributed by atoms with Gasteiger partial charge in [0.2, 0.25) is 0 Å². The summed E-state index contributed by atoms with van der Waals surface area (Å²) in [4.78, 5) is 11.2. The summed E-state index contributed by atoms with van der Waals surface area (Å²) >= 11 is 0. The van der Waals surface area contributed by atoms with E-state index in [0.717, 1.165) is 22.0 Å². The average Bonchev–Trinajstić information content (AvgIpc) is 3.05. The average molecular weight is 328 g/mol. The molecule has 4 heteroatoms. The molecule has 0 amide bonds. The SMILES string of the molecule is O=C(O)Cc1cn(-c2ccc3ccccc3c2)nc1-c1ccccc1. The van der Waals surface area contributed by atoms with Crippen LogP contribution in [-0.2, 0) is 11.2 Å². The summed E-state index contributed by atoms with van der Waals surface area (Å²) < 4.78 is 1.76. The Balaban J connectivity index is 1.84. The number of aromatic nitrogens is 2. The smallest absolute Gasteiger partial charge is 0.307 e. The van der Waals surface area contributed by atoms with Crippen molar-refractivity contribution in [2.75, 3.05) is 0 Å². The third-order valence-corrected chi connectivity index (χ3v) is 4.18. The largest absolute Gasteiger partial charge is 0.481 e. The van der Waals surface area contributed by atoms with E-state index in [1.165, 1.54) is 0 Å². The van der Waals surface area contributed by atoms with Gasteiger partial charge >= 0.3 is 5.97 Å². The van der Waals surface area contributed by atoms with Crippen LogP contribution in [0.1, 0.15) is 5.56 Å². The third-order valence-electron chi connectivity index (χ3n) is 4.18. The van der Waals surface area contributed by atoms with Gasteiger partial charge in [0.25, 0.3) is 0 Å². The number of nitrogens with zero attached hydrogens (tertiary/aromatic N) is 2. The van der Waals surface area contributed by atoms with Gasteiger partial charge in [-0.1, -0.05) is 60.7 Å². The first-order valence-electron chi connectivity index (χ1n) is 8.05. The number of aliphatic carboxylic acids is 1. The molecule has 0 radical (unpaired) electrons. The molecular formula is C21H16N2O2. The molecule has 3 aromatic carbocycles. The van der Waals surface area contributed by atoms with E-state index < -0.39 is 5.97 Å². The lowest BCUT2D eigenvalue weighted by atomic mass is 10.1. The van der Waals surface area contributed by atoms with Gasteiger partial charge in [0, 0.05) is 17.3 Å². The number of hydrogen-bond acceptors (Lipinski definition) is 2. The summed E-state index contributed by atoms with van der Waals surface area (Å²) in [5, 5.41) is 16.2. The number of carbonyl (C=O) groups is 1. The molecule has 122 valence electrons. The van der Waals surface area contributed by atoms with Crippen LogP contribution in [0.15, 0.2) is 79.0 Å². The molecule has 0 aliphatic rings. The van der Waals surface area contributed by atoms with Crippen molar-refractivity contribution in [2.45, 2.75) is 6.42 Å². The van der Waals surface area contributed by atoms with Crippen LogP contribution in [0, 0.1) is 0 Å². The molecule has 1 aromatic heterocycles. The van der Waals surface area contributed by atoms with Gasteiger partial charge < -0.3 is 5.11 Å². The molecule has 25 heavy (non-hydrogen) atoms. The standard InChI is InChI=1S/C21H16N2O2/c24-20(25)13-18-14-23(22-21(18)16-7-2-1-3-8-16)19-11-10-15-6-4-5-9-17(15)12-19/h1-12,14H,13H2,(H,24,25). The fraction of sp³-hybridized carbons (Fsp3) is 0.0476. The summed E-state index contributed by atoms with van der Waals surface area (Å²) in [6.07, 6.45) is 1.75. The quantitative estimate of drug-likeness (QED) is 0.607. The van der Waals surface area contributed by atoms with Crippen LogP contribution >= 0.6 is 0 Å². The van der Waals surface area contributed by atoms with Gasteiger partial charge in [-0.2, -0.15) is 5.10 Å². The molecule has 4 aromatic rings. The molecule has 0 saturated carbocycles. The molecule has 0 bridgehead atoms. The minimum atomic E-state index is -0.866. The van der Waals surface area contributed by atoms with Crippen LogP contribution in [0.4, 0.5) is 0 Å². The minimum absolute atomic E-state index is 0.0577. The van der Waals surface area contributed by atoms with Crippen molar-refractivity contribution >= 4 is 16.7 Å². The highest BCUT2D eigenvalue weighted by Crippen LogP contribution is 2.25. The van der Waals surface area contributed by atoms with Crippen LogP contribution in [0.2, 0.25) is 0 Å². The monoisotopic (exact) mass is 328 g/mol. The molecule has 1 heterocycles. The van der Waals surface area contributed by atoms with E-state index in [0.29, 0.717) is 11.3 Å². The molecule has 0 saturated heterocycles. The number of benzene rings is 3. The Morgan fingerprint density at radius 3 is 2.40 bits per heavy atom. The maximum atomic E-state index is 11.2. The van der Waals surface area contributed by atoms with Gasteiger partial charge in [0.1, 0.15) is 0 Å². The molecule has 0 unspecified atom stereocenters. The molecule has 1 N–H and O–H groups in total. The lowest BCUT2D eigenvalue weighted by Gasteiger charge is -2.04. The Kier molecular flexibility index (Phi) is 3.78. The van der Waals surface area contributed by atoms with E-state index in [-0.39, 0.29) is 6.42 Å². The summed E-state index contributed by atoms with van der Waals surface area (Å²) in [6, 6.07) is 23.9. The minimum Gasteiger partial charge on any atom is -0.481 e. The van der Waals surface area contributed by atoms with Crippen LogP contribution in [-0.4, -0.2) is 20.9 Å². The third kappa shape index (κ3) is 3.02. The van der Waals surface area contributed by atoms with Crippen molar-refractivity contribution in [3.05, 3.63) is 84.6 Å². The normalized spacial score (nSPS) is 10.9. The summed E-state index contributed by atoms with van der Waals surface area (Å²) in [6.45, 7) is 0. The Morgan fingerprint density at radius 1 is 0.920 bits per heavy atom. The van der Waals surface area contributed by atoms with Crippen molar-refractivity contribution in [3.63, 3.8) is 0 Å². The maximum Gasteiger partial charge on any atom is 0.307 e. The van der Waals surface area contributed by atoms with E-state index in [4.69, 9.17) is 0 Å². The highest BCUT2D eigenvalue weighted by Gasteiger charge is 2.14. The topological polar surface area (TPSA) is 55.1 Å². The first-order valence-corrected chi connectivity index (χ1v) is 8.05. The van der Waals surface area contributed by atoms with E-state index in [2.05, 4.69) is 23.3 Å². The van der Waals surface area contributed by atoms with Crippen molar-refractivity contribution in [3.8, 4) is 16.9 Å². The predicted molar refractivity (Wildman–Crippen MR) is 97.8 cm³/mol. The van der Waals surface area contributed by atoms with Crippen LogP contribution < -0.4 is 0 Å². The second-order valence-corrected chi connectivity index (χ2v) is 5.92. The Morgan fingerprint density at radius 2 is 1.64 bits per heavy atom. The Hall–Kier alpha value is -3.40. The van der Waals surface area contributed by atoms with Gasteiger partial charge in [-0.25, -0.2) is 4.68 Å². The number of carboxylic acid groups (broad SMARTS) is 1. The number of fused-ring (bicyclic) bond motifs is 1. The van der Waals surface area contributed by atoms with Gasteiger partial charge in [-0.05, 0) is 22.9 Å². The highest BCUT2D eigenvalue weighted by molar-refractivity contribution is 5.84. The molecule has 0 atom stereocenters. The van der Waals surface area contributed by atoms with E-state index >= 15 is 0 Å². The van der Waals surface area contributed by atoms with Crippen molar-refractivity contribution in [2.24, 2.45) is 0 Å². The summed E-state index contributed by atoms with van der Waals surface area (Å²) in [7, 11) is 0. The molecule has 0 aliphatic heterocycles. The summed E-state index contributed by atoms with van der Waals surface area (Å²) in [5.74, 6) is -0.866. The van der Waals surface area contributed by atoms with Crippen molar-refractivity contribution < 1.29 is 9.90 Å². The predicted octanol–water partition coefficient (Wildman–Crippen LogP) is 4.32. The van der Waals surface area contributed by atoms with Crippen molar-refractivity contribution in [1.82, 2.24) is 9.78 Å². The lowest BCUT2D eigenvalue weighted by Crippen LogP contribution is -2.00. The Labute approximate surface area is 145 Å². The fourth-order valence-electron chi connectivity index (χ4n) is 2.99. The molecular weight excluding hydrogens is 312 g/mol. The van der Waals surface area contributed by atoms with Crippen LogP contribution in [0.25, 0.3) is 27.7 Å². The second-order valence-electron chi connectivity index (χ2n) is 5.92. The van der Waals surface area contributed by atoms with E-state index in [1.54, 1.807) is 10.9 Å². The van der Waals surface area contributed by atoms with Crippen LogP contribution in [0.5, 0.6) is 0 Å². The summed E-state index contributed by atoms with van der Waals surface area (Å²) in [5.41, 5.74) is 3.23. The van der Waals surface area contributed by atoms with Crippen LogP contribution in [0.3, 0.4) is 0 Å². The van der Waals surface area contributed by atoms with Gasteiger partial charge in [-0.3, -0.25) is 4.79 Å². The van der Waals surface area contributed by atoms with E-state index in [9.17, 15) is 9.90 Å². The first kappa shape index (κ1) is 15.1. The number of hydrogen-bond donors (Lipinski definition) is 1. The zero-order valence-corrected chi connectivity index (χ0v) is 13.5. The maximum absolute atomic E-state index is 11.2. The second kappa shape index (κ2) is 6.24. The first-order chi connectivity index (χ1) is 12.2. The molecule has 0 aliphatic carbocycles. The molecule has 4 rings (SSSR count). The highest BCUT2D eigenvalue weighted by atomic mass is 16.4. The number of carboxylic acids is 1. The van der Waals surface area contributed by atoms with Gasteiger partial charge in [0.05, 0.1) is 17.8 Å². The zero-order chi connectivity index (χ0) is 17.2. The lowest BCUT2D eigenvalue weighted by molar-refractivity contribution is -0.136. The molecule has 0 fully saturated rings. The van der Waals surface area contributed by atoms with Gasteiger partial charge in [0.15, 0.2) is 0 Å².